The second-order valence-electron chi connectivity index (χ2n) is 8.44. The first-order chi connectivity index (χ1) is 16.8. The maximum atomic E-state index is 13.4. The molecule has 13 heteroatoms. The number of H-pyrrole nitrogens is 1. The summed E-state index contributed by atoms with van der Waals surface area (Å²) in [7, 11) is -2.52. The molecule has 184 valence electrons. The fourth-order valence-corrected chi connectivity index (χ4v) is 5.96. The zero-order valence-electron chi connectivity index (χ0n) is 19.0. The lowest BCUT2D eigenvalue weighted by Crippen LogP contribution is -2.63. The number of hydrazone groups is 1. The minimum absolute atomic E-state index is 0.00328. The molecule has 2 fully saturated rings. The van der Waals surface area contributed by atoms with Crippen molar-refractivity contribution in [2.75, 3.05) is 40.0 Å². The third-order valence-electron chi connectivity index (χ3n) is 6.44. The van der Waals surface area contributed by atoms with Crippen LogP contribution < -0.4 is 10.6 Å². The zero-order valence-corrected chi connectivity index (χ0v) is 19.8. The molecule has 0 saturated carbocycles. The first-order valence-corrected chi connectivity index (χ1v) is 12.6. The molecule has 5 rings (SSSR count). The molecule has 2 aromatic rings. The molecular weight excluding hydrogens is 474 g/mol. The number of rotatable bonds is 3. The average Bonchev–Trinajstić information content (AvgIpc) is 3.53. The SMILES string of the molecule is C#Cc1ccc2[nH]c(S(=O)(=O)N3CCN(C(=O)N4CCC5NCOC5=N4)C(C(=O)NC)C3)cc2c1. The van der Waals surface area contributed by atoms with E-state index in [1.54, 1.807) is 18.2 Å². The molecule has 1 aromatic carbocycles. The number of benzene rings is 1. The molecule has 12 nitrogen and oxygen atoms in total. The highest BCUT2D eigenvalue weighted by Crippen LogP contribution is 2.26. The molecule has 0 spiro atoms. The highest BCUT2D eigenvalue weighted by atomic mass is 32.2. The van der Waals surface area contributed by atoms with E-state index in [0.717, 1.165) is 0 Å². The summed E-state index contributed by atoms with van der Waals surface area (Å²) < 4.78 is 33.5. The molecule has 1 aromatic heterocycles. The number of carbonyl (C=O) groups is 2. The summed E-state index contributed by atoms with van der Waals surface area (Å²) in [4.78, 5) is 30.3. The van der Waals surface area contributed by atoms with Crippen molar-refractivity contribution in [1.29, 1.82) is 0 Å². The van der Waals surface area contributed by atoms with Gasteiger partial charge in [0.1, 0.15) is 17.8 Å². The van der Waals surface area contributed by atoms with Crippen molar-refractivity contribution in [3.63, 3.8) is 0 Å². The fourth-order valence-electron chi connectivity index (χ4n) is 4.51. The van der Waals surface area contributed by atoms with Crippen LogP contribution >= 0.6 is 0 Å². The van der Waals surface area contributed by atoms with Crippen molar-refractivity contribution in [3.8, 4) is 12.3 Å². The summed E-state index contributed by atoms with van der Waals surface area (Å²) in [5.41, 5.74) is 1.27. The summed E-state index contributed by atoms with van der Waals surface area (Å²) in [6.07, 6.45) is 6.08. The van der Waals surface area contributed by atoms with Crippen molar-refractivity contribution in [2.24, 2.45) is 5.10 Å². The molecule has 4 heterocycles. The van der Waals surface area contributed by atoms with Crippen LogP contribution in [-0.2, 0) is 19.6 Å². The van der Waals surface area contributed by atoms with Crippen molar-refractivity contribution in [1.82, 2.24) is 29.8 Å². The maximum Gasteiger partial charge on any atom is 0.341 e. The Balaban J connectivity index is 1.39. The molecule has 3 aliphatic heterocycles. The molecule has 2 atom stereocenters. The van der Waals surface area contributed by atoms with Gasteiger partial charge in [-0.2, -0.15) is 4.31 Å². The van der Waals surface area contributed by atoms with E-state index in [-0.39, 0.29) is 30.7 Å². The second kappa shape index (κ2) is 8.88. The summed E-state index contributed by atoms with van der Waals surface area (Å²) in [5, 5.41) is 11.9. The van der Waals surface area contributed by atoms with Crippen LogP contribution in [0.4, 0.5) is 4.79 Å². The highest BCUT2D eigenvalue weighted by Gasteiger charge is 2.42. The molecule has 3 aliphatic rings. The topological polar surface area (TPSA) is 139 Å². The Bertz CT molecular complexity index is 1360. The third kappa shape index (κ3) is 4.09. The molecule has 2 unspecified atom stereocenters. The molecular formula is C22H25N7O5S. The number of ether oxygens (including phenoxy) is 1. The van der Waals surface area contributed by atoms with E-state index < -0.39 is 28.0 Å². The Morgan fingerprint density at radius 3 is 2.86 bits per heavy atom. The minimum atomic E-state index is -3.97. The lowest BCUT2D eigenvalue weighted by molar-refractivity contribution is -0.126. The number of carbonyl (C=O) groups excluding carboxylic acids is 2. The third-order valence-corrected chi connectivity index (χ3v) is 8.22. The normalized spacial score (nSPS) is 22.8. The summed E-state index contributed by atoms with van der Waals surface area (Å²) in [5.74, 6) is 2.51. The van der Waals surface area contributed by atoms with E-state index in [2.05, 4.69) is 26.6 Å². The molecule has 3 N–H and O–H groups in total. The predicted octanol–water partition coefficient (Wildman–Crippen LogP) is -0.345. The monoisotopic (exact) mass is 499 g/mol. The molecule has 35 heavy (non-hydrogen) atoms. The van der Waals surface area contributed by atoms with E-state index in [1.165, 1.54) is 27.3 Å². The molecule has 0 bridgehead atoms. The summed E-state index contributed by atoms with van der Waals surface area (Å²) in [6.45, 7) is 0.556. The smallest absolute Gasteiger partial charge is 0.341 e. The van der Waals surface area contributed by atoms with Gasteiger partial charge in [0, 0.05) is 49.7 Å². The standard InChI is InChI=1S/C22H25N7O5S/c1-3-14-4-5-16-15(10-14)11-19(25-16)35(32,33)27-8-9-28(18(12-27)20(30)23-2)22(31)29-7-6-17-21(26-29)34-13-24-17/h1,4-5,10-11,17-18,24-25H,6-9,12-13H2,2H3,(H,23,30). The Hall–Kier alpha value is -3.60. The Morgan fingerprint density at radius 2 is 2.09 bits per heavy atom. The van der Waals surface area contributed by atoms with Gasteiger partial charge in [-0.3, -0.25) is 10.1 Å². The number of hydrogen-bond donors (Lipinski definition) is 3. The number of urea groups is 1. The number of piperazine rings is 1. The number of fused-ring (bicyclic) bond motifs is 2. The number of terminal acetylenes is 1. The van der Waals surface area contributed by atoms with Gasteiger partial charge in [-0.15, -0.1) is 11.5 Å². The fraction of sp³-hybridized carbons (Fsp3) is 0.409. The van der Waals surface area contributed by atoms with Crippen LogP contribution in [0.15, 0.2) is 34.4 Å². The largest absolute Gasteiger partial charge is 0.463 e. The number of hydrogen-bond acceptors (Lipinski definition) is 7. The number of aromatic nitrogens is 1. The second-order valence-corrected chi connectivity index (χ2v) is 10.4. The number of sulfonamides is 1. The van der Waals surface area contributed by atoms with Crippen molar-refractivity contribution in [3.05, 3.63) is 29.8 Å². The summed E-state index contributed by atoms with van der Waals surface area (Å²) in [6, 6.07) is 5.18. The Labute approximate surface area is 202 Å². The van der Waals surface area contributed by atoms with Crippen LogP contribution in [0.3, 0.4) is 0 Å². The average molecular weight is 500 g/mol. The van der Waals surface area contributed by atoms with Gasteiger partial charge in [0.05, 0.1) is 6.04 Å². The summed E-state index contributed by atoms with van der Waals surface area (Å²) >= 11 is 0. The van der Waals surface area contributed by atoms with Crippen LogP contribution in [0.5, 0.6) is 0 Å². The van der Waals surface area contributed by atoms with Crippen molar-refractivity contribution >= 4 is 38.8 Å². The Kier molecular flexibility index (Phi) is 5.87. The van der Waals surface area contributed by atoms with Gasteiger partial charge in [0.25, 0.3) is 10.0 Å². The quantitative estimate of drug-likeness (QED) is 0.494. The number of nitrogens with one attached hydrogen (secondary N) is 3. The van der Waals surface area contributed by atoms with E-state index in [4.69, 9.17) is 11.2 Å². The van der Waals surface area contributed by atoms with Crippen LogP contribution in [0.1, 0.15) is 12.0 Å². The molecule has 0 aliphatic carbocycles. The van der Waals surface area contributed by atoms with E-state index in [1.807, 2.05) is 0 Å². The zero-order chi connectivity index (χ0) is 24.7. The van der Waals surface area contributed by atoms with Gasteiger partial charge in [0.2, 0.25) is 11.8 Å². The molecule has 2 saturated heterocycles. The van der Waals surface area contributed by atoms with E-state index >= 15 is 0 Å². The lowest BCUT2D eigenvalue weighted by atomic mass is 10.1. The van der Waals surface area contributed by atoms with Gasteiger partial charge < -0.3 is 19.9 Å². The van der Waals surface area contributed by atoms with Crippen molar-refractivity contribution in [2.45, 2.75) is 23.5 Å². The van der Waals surface area contributed by atoms with Crippen molar-refractivity contribution < 1.29 is 22.7 Å². The number of nitrogens with zero attached hydrogens (tertiary/aromatic N) is 4. The Morgan fingerprint density at radius 1 is 1.26 bits per heavy atom. The number of aromatic amines is 1. The van der Waals surface area contributed by atoms with Gasteiger partial charge in [0.15, 0.2) is 0 Å². The lowest BCUT2D eigenvalue weighted by Gasteiger charge is -2.41. The highest BCUT2D eigenvalue weighted by molar-refractivity contribution is 7.89. The number of amides is 3. The van der Waals surface area contributed by atoms with Crippen LogP contribution in [0, 0.1) is 12.3 Å². The number of likely N-dealkylation sites (N-methyl/N-ethyl adjacent to an activating group) is 1. The van der Waals surface area contributed by atoms with E-state index in [9.17, 15) is 18.0 Å². The van der Waals surface area contributed by atoms with E-state index in [0.29, 0.717) is 42.1 Å². The van der Waals surface area contributed by atoms with Crippen LogP contribution in [0.2, 0.25) is 0 Å². The first-order valence-electron chi connectivity index (χ1n) is 11.2. The maximum absolute atomic E-state index is 13.4. The van der Waals surface area contributed by atoms with Gasteiger partial charge in [-0.25, -0.2) is 18.2 Å². The first kappa shape index (κ1) is 23.2. The van der Waals surface area contributed by atoms with Crippen LogP contribution in [-0.4, -0.2) is 97.5 Å². The van der Waals surface area contributed by atoms with Crippen LogP contribution in [0.25, 0.3) is 10.9 Å². The van der Waals surface area contributed by atoms with Gasteiger partial charge in [-0.1, -0.05) is 5.92 Å². The molecule has 3 amide bonds. The minimum Gasteiger partial charge on any atom is -0.463 e. The predicted molar refractivity (Wildman–Crippen MR) is 127 cm³/mol. The van der Waals surface area contributed by atoms with Gasteiger partial charge >= 0.3 is 6.03 Å². The van der Waals surface area contributed by atoms with Gasteiger partial charge in [-0.05, 0) is 30.7 Å². The molecule has 0 radical (unpaired) electrons.